The first-order valence-corrected chi connectivity index (χ1v) is 9.92. The Bertz CT molecular complexity index is 1090. The molecule has 0 bridgehead atoms. The van der Waals surface area contributed by atoms with Gasteiger partial charge in [0.1, 0.15) is 11.4 Å². The number of benzene rings is 2. The molecule has 0 spiro atoms. The molecular weight excluding hydrogens is 378 g/mol. The second-order valence-electron chi connectivity index (χ2n) is 7.45. The van der Waals surface area contributed by atoms with Crippen molar-refractivity contribution in [1.82, 2.24) is 4.98 Å². The number of aryl methyl sites for hydroxylation is 1. The molecule has 1 aliphatic rings. The maximum Gasteiger partial charge on any atom is 0.255 e. The van der Waals surface area contributed by atoms with Crippen molar-refractivity contribution < 1.29 is 14.3 Å². The summed E-state index contributed by atoms with van der Waals surface area (Å²) >= 11 is 0. The Kier molecular flexibility index (Phi) is 5.48. The standard InChI is InChI=1S/C24H23N3O3/c1-15-5-3-7-21(16(15)2)30-24-20(6-4-14-25-24)27-23(29)18-10-12-19(13-11-18)26-22(28)17-8-9-17/h3-7,10-14,17H,8-9H2,1-2H3,(H,26,28)(H,27,29). The van der Waals surface area contributed by atoms with E-state index in [1.54, 1.807) is 42.6 Å². The third-order valence-corrected chi connectivity index (χ3v) is 5.14. The van der Waals surface area contributed by atoms with Crippen LogP contribution in [0.2, 0.25) is 0 Å². The molecule has 3 aromatic rings. The van der Waals surface area contributed by atoms with Gasteiger partial charge >= 0.3 is 0 Å². The van der Waals surface area contributed by atoms with Crippen molar-refractivity contribution >= 4 is 23.2 Å². The number of pyridine rings is 1. The Morgan fingerprint density at radius 2 is 1.73 bits per heavy atom. The summed E-state index contributed by atoms with van der Waals surface area (Å²) in [5, 5.41) is 5.72. The minimum atomic E-state index is -0.283. The van der Waals surface area contributed by atoms with Gasteiger partial charge in [0.25, 0.3) is 5.91 Å². The molecule has 152 valence electrons. The van der Waals surface area contributed by atoms with Crippen molar-refractivity contribution in [3.63, 3.8) is 0 Å². The minimum absolute atomic E-state index is 0.0378. The number of anilines is 2. The van der Waals surface area contributed by atoms with Gasteiger partial charge in [-0.15, -0.1) is 0 Å². The third kappa shape index (κ3) is 4.49. The van der Waals surface area contributed by atoms with Crippen molar-refractivity contribution in [3.8, 4) is 11.6 Å². The average molecular weight is 401 g/mol. The van der Waals surface area contributed by atoms with Crippen molar-refractivity contribution in [2.45, 2.75) is 26.7 Å². The van der Waals surface area contributed by atoms with Crippen LogP contribution in [0.5, 0.6) is 11.6 Å². The van der Waals surface area contributed by atoms with Crippen LogP contribution < -0.4 is 15.4 Å². The number of aromatic nitrogens is 1. The number of ether oxygens (including phenoxy) is 1. The molecule has 30 heavy (non-hydrogen) atoms. The van der Waals surface area contributed by atoms with E-state index in [4.69, 9.17) is 4.74 Å². The van der Waals surface area contributed by atoms with E-state index >= 15 is 0 Å². The van der Waals surface area contributed by atoms with Crippen LogP contribution >= 0.6 is 0 Å². The molecule has 4 rings (SSSR count). The molecule has 1 fully saturated rings. The first-order valence-electron chi connectivity index (χ1n) is 9.92. The van der Waals surface area contributed by atoms with Crippen molar-refractivity contribution in [2.24, 2.45) is 5.92 Å². The van der Waals surface area contributed by atoms with Crippen LogP contribution in [0, 0.1) is 19.8 Å². The first-order chi connectivity index (χ1) is 14.5. The summed E-state index contributed by atoms with van der Waals surface area (Å²) in [6.45, 7) is 4.00. The summed E-state index contributed by atoms with van der Waals surface area (Å²) in [6.07, 6.45) is 3.52. The van der Waals surface area contributed by atoms with Gasteiger partial charge in [0, 0.05) is 23.4 Å². The highest BCUT2D eigenvalue weighted by atomic mass is 16.5. The number of nitrogens with zero attached hydrogens (tertiary/aromatic N) is 1. The molecule has 6 heteroatoms. The molecule has 0 unspecified atom stereocenters. The Morgan fingerprint density at radius 3 is 2.47 bits per heavy atom. The predicted molar refractivity (Wildman–Crippen MR) is 116 cm³/mol. The van der Waals surface area contributed by atoms with Crippen molar-refractivity contribution in [3.05, 3.63) is 77.5 Å². The summed E-state index contributed by atoms with van der Waals surface area (Å²) in [4.78, 5) is 28.8. The van der Waals surface area contributed by atoms with Gasteiger partial charge in [-0.3, -0.25) is 9.59 Å². The molecule has 0 radical (unpaired) electrons. The molecule has 0 aliphatic heterocycles. The zero-order chi connectivity index (χ0) is 21.1. The van der Waals surface area contributed by atoms with Crippen LogP contribution in [0.3, 0.4) is 0 Å². The zero-order valence-corrected chi connectivity index (χ0v) is 16.9. The van der Waals surface area contributed by atoms with Crippen LogP contribution in [-0.2, 0) is 4.79 Å². The van der Waals surface area contributed by atoms with Crippen molar-refractivity contribution in [2.75, 3.05) is 10.6 Å². The first kappa shape index (κ1) is 19.6. The topological polar surface area (TPSA) is 80.3 Å². The van der Waals surface area contributed by atoms with Gasteiger partial charge in [0.2, 0.25) is 11.8 Å². The maximum atomic E-state index is 12.7. The van der Waals surface area contributed by atoms with Crippen LogP contribution in [0.15, 0.2) is 60.8 Å². The molecule has 1 saturated carbocycles. The summed E-state index contributed by atoms with van der Waals surface area (Å²) in [5.41, 5.74) is 3.77. The number of carbonyl (C=O) groups excluding carboxylic acids is 2. The van der Waals surface area contributed by atoms with Gasteiger partial charge in [0.15, 0.2) is 0 Å². The Morgan fingerprint density at radius 1 is 0.967 bits per heavy atom. The highest BCUT2D eigenvalue weighted by molar-refractivity contribution is 6.05. The summed E-state index contributed by atoms with van der Waals surface area (Å²) in [5.74, 6) is 0.909. The molecule has 1 heterocycles. The minimum Gasteiger partial charge on any atom is -0.437 e. The van der Waals surface area contributed by atoms with E-state index in [2.05, 4.69) is 15.6 Å². The lowest BCUT2D eigenvalue weighted by molar-refractivity contribution is -0.117. The fourth-order valence-electron chi connectivity index (χ4n) is 3.00. The van der Waals surface area contributed by atoms with E-state index in [1.165, 1.54) is 0 Å². The van der Waals surface area contributed by atoms with E-state index in [1.807, 2.05) is 32.0 Å². The van der Waals surface area contributed by atoms with Gasteiger partial charge in [-0.25, -0.2) is 4.98 Å². The molecule has 0 atom stereocenters. The SMILES string of the molecule is Cc1cccc(Oc2ncccc2NC(=O)c2ccc(NC(=O)C3CC3)cc2)c1C. The van der Waals surface area contributed by atoms with Gasteiger partial charge in [0.05, 0.1) is 0 Å². The van der Waals surface area contributed by atoms with Gasteiger partial charge < -0.3 is 15.4 Å². The number of amides is 2. The van der Waals surface area contributed by atoms with E-state index in [0.717, 1.165) is 24.0 Å². The lowest BCUT2D eigenvalue weighted by atomic mass is 10.1. The number of nitrogens with one attached hydrogen (secondary N) is 2. The van der Waals surface area contributed by atoms with Crippen LogP contribution in [-0.4, -0.2) is 16.8 Å². The van der Waals surface area contributed by atoms with E-state index in [0.29, 0.717) is 28.6 Å². The third-order valence-electron chi connectivity index (χ3n) is 5.14. The largest absolute Gasteiger partial charge is 0.437 e. The Hall–Kier alpha value is -3.67. The van der Waals surface area contributed by atoms with E-state index < -0.39 is 0 Å². The summed E-state index contributed by atoms with van der Waals surface area (Å²) in [6, 6.07) is 16.1. The fraction of sp³-hybridized carbons (Fsp3) is 0.208. The normalized spacial score (nSPS) is 12.9. The smallest absolute Gasteiger partial charge is 0.255 e. The van der Waals surface area contributed by atoms with Gasteiger partial charge in [-0.1, -0.05) is 12.1 Å². The highest BCUT2D eigenvalue weighted by Gasteiger charge is 2.29. The average Bonchev–Trinajstić information content (AvgIpc) is 3.59. The lowest BCUT2D eigenvalue weighted by Gasteiger charge is -2.13. The lowest BCUT2D eigenvalue weighted by Crippen LogP contribution is -2.15. The fourth-order valence-corrected chi connectivity index (χ4v) is 3.00. The zero-order valence-electron chi connectivity index (χ0n) is 16.9. The summed E-state index contributed by atoms with van der Waals surface area (Å²) < 4.78 is 5.98. The van der Waals surface area contributed by atoms with Gasteiger partial charge in [-0.2, -0.15) is 0 Å². The van der Waals surface area contributed by atoms with Crippen LogP contribution in [0.4, 0.5) is 11.4 Å². The quantitative estimate of drug-likeness (QED) is 0.603. The second kappa shape index (κ2) is 8.37. The van der Waals surface area contributed by atoms with Crippen LogP contribution in [0.1, 0.15) is 34.3 Å². The molecule has 6 nitrogen and oxygen atoms in total. The maximum absolute atomic E-state index is 12.7. The predicted octanol–water partition coefficient (Wildman–Crippen LogP) is 5.09. The van der Waals surface area contributed by atoms with Gasteiger partial charge in [-0.05, 0) is 80.3 Å². The molecular formula is C24H23N3O3. The Balaban J connectivity index is 1.47. The van der Waals surface area contributed by atoms with E-state index in [9.17, 15) is 9.59 Å². The Labute approximate surface area is 175 Å². The second-order valence-corrected chi connectivity index (χ2v) is 7.45. The molecule has 0 saturated heterocycles. The molecule has 2 N–H and O–H groups in total. The van der Waals surface area contributed by atoms with E-state index in [-0.39, 0.29) is 17.7 Å². The monoisotopic (exact) mass is 401 g/mol. The molecule has 2 aromatic carbocycles. The molecule has 2 amide bonds. The highest BCUT2D eigenvalue weighted by Crippen LogP contribution is 2.31. The number of hydrogen-bond acceptors (Lipinski definition) is 4. The number of carbonyl (C=O) groups is 2. The van der Waals surface area contributed by atoms with Crippen molar-refractivity contribution in [1.29, 1.82) is 0 Å². The number of hydrogen-bond donors (Lipinski definition) is 2. The molecule has 1 aliphatic carbocycles. The molecule has 1 aromatic heterocycles. The van der Waals surface area contributed by atoms with Crippen LogP contribution in [0.25, 0.3) is 0 Å². The number of rotatable bonds is 6. The summed E-state index contributed by atoms with van der Waals surface area (Å²) in [7, 11) is 0.